The molecule has 0 amide bonds. The van der Waals surface area contributed by atoms with Gasteiger partial charge in [0.15, 0.2) is 15.8 Å². The fraction of sp³-hybridized carbons (Fsp3) is 0.421. The lowest BCUT2D eigenvalue weighted by atomic mass is 10.0. The lowest BCUT2D eigenvalue weighted by Gasteiger charge is -2.29. The molecule has 0 spiro atoms. The van der Waals surface area contributed by atoms with E-state index in [0.29, 0.717) is 13.1 Å². The largest absolute Gasteiger partial charge is 0.387 e. The number of likely N-dealkylation sites (tertiary alicyclic amines) is 1. The van der Waals surface area contributed by atoms with E-state index in [1.165, 1.54) is 5.56 Å². The van der Waals surface area contributed by atoms with Crippen molar-refractivity contribution in [1.82, 2.24) is 19.9 Å². The van der Waals surface area contributed by atoms with Crippen molar-refractivity contribution in [3.8, 4) is 0 Å². The summed E-state index contributed by atoms with van der Waals surface area (Å²) in [5.41, 5.74) is 1.26. The molecule has 1 aliphatic heterocycles. The Morgan fingerprint density at radius 3 is 2.89 bits per heavy atom. The third-order valence-electron chi connectivity index (χ3n) is 4.88. The lowest BCUT2D eigenvalue weighted by molar-refractivity contribution is 0.0561. The Hall–Kier alpha value is -1.74. The van der Waals surface area contributed by atoms with Gasteiger partial charge in [-0.1, -0.05) is 42.1 Å². The van der Waals surface area contributed by atoms with Gasteiger partial charge in [-0.2, -0.15) is 0 Å². The van der Waals surface area contributed by atoms with Crippen LogP contribution in [0.5, 0.6) is 0 Å². The molecule has 0 aliphatic carbocycles. The summed E-state index contributed by atoms with van der Waals surface area (Å²) in [7, 11) is 1.98. The minimum absolute atomic E-state index is 0.539. The number of hydrogen-bond acceptors (Lipinski definition) is 8. The highest BCUT2D eigenvalue weighted by Gasteiger charge is 2.37. The van der Waals surface area contributed by atoms with Crippen LogP contribution in [-0.2, 0) is 6.54 Å². The number of thioether (sulfide) groups is 1. The van der Waals surface area contributed by atoms with Gasteiger partial charge in [-0.3, -0.25) is 4.90 Å². The van der Waals surface area contributed by atoms with Gasteiger partial charge in [-0.15, -0.1) is 11.3 Å². The highest BCUT2D eigenvalue weighted by molar-refractivity contribution is 8.00. The summed E-state index contributed by atoms with van der Waals surface area (Å²) < 4.78 is 1.96. The summed E-state index contributed by atoms with van der Waals surface area (Å²) in [5.74, 6) is 0.840. The van der Waals surface area contributed by atoms with Crippen LogP contribution in [0, 0.1) is 0 Å². The molecule has 1 aliphatic rings. The maximum absolute atomic E-state index is 11.2. The van der Waals surface area contributed by atoms with Gasteiger partial charge < -0.3 is 10.0 Å². The van der Waals surface area contributed by atoms with E-state index in [-0.39, 0.29) is 0 Å². The number of anilines is 1. The number of benzene rings is 1. The monoisotopic (exact) mass is 401 g/mol. The van der Waals surface area contributed by atoms with Crippen LogP contribution in [0.25, 0.3) is 10.3 Å². The zero-order valence-corrected chi connectivity index (χ0v) is 17.1. The van der Waals surface area contributed by atoms with E-state index in [0.717, 1.165) is 40.0 Å². The van der Waals surface area contributed by atoms with Gasteiger partial charge in [0.2, 0.25) is 0 Å². The molecule has 1 saturated heterocycles. The van der Waals surface area contributed by atoms with E-state index in [4.69, 9.17) is 0 Å². The number of hydrogen-bond donors (Lipinski definition) is 1. The van der Waals surface area contributed by atoms with Crippen LogP contribution in [-0.4, -0.2) is 63.5 Å². The van der Waals surface area contributed by atoms with Crippen LogP contribution in [0.15, 0.2) is 41.0 Å². The van der Waals surface area contributed by atoms with Gasteiger partial charge in [-0.25, -0.2) is 15.0 Å². The minimum atomic E-state index is -0.742. The van der Waals surface area contributed by atoms with Crippen molar-refractivity contribution in [2.75, 3.05) is 37.8 Å². The Kier molecular flexibility index (Phi) is 5.32. The summed E-state index contributed by atoms with van der Waals surface area (Å²) in [5, 5.41) is 11.2. The summed E-state index contributed by atoms with van der Waals surface area (Å²) >= 11 is 3.22. The molecule has 0 bridgehead atoms. The molecule has 6 nitrogen and oxygen atoms in total. The predicted molar refractivity (Wildman–Crippen MR) is 112 cm³/mol. The van der Waals surface area contributed by atoms with Crippen molar-refractivity contribution in [3.63, 3.8) is 0 Å². The topological polar surface area (TPSA) is 65.4 Å². The Morgan fingerprint density at radius 1 is 1.30 bits per heavy atom. The number of β-amino-alcohol motifs (C(OH)–C–C–N with tert-alkyl or cyclic N) is 1. The average Bonchev–Trinajstić information content (AvgIpc) is 3.25. The van der Waals surface area contributed by atoms with Crippen molar-refractivity contribution in [2.45, 2.75) is 22.9 Å². The van der Waals surface area contributed by atoms with E-state index < -0.39 is 5.60 Å². The molecule has 1 fully saturated rings. The van der Waals surface area contributed by atoms with Crippen LogP contribution in [0.1, 0.15) is 12.0 Å². The molecule has 3 aromatic rings. The van der Waals surface area contributed by atoms with Gasteiger partial charge in [0, 0.05) is 33.2 Å². The summed E-state index contributed by atoms with van der Waals surface area (Å²) in [6.07, 6.45) is 4.33. The first-order valence-electron chi connectivity index (χ1n) is 8.92. The summed E-state index contributed by atoms with van der Waals surface area (Å²) in [6, 6.07) is 10.4. The summed E-state index contributed by atoms with van der Waals surface area (Å²) in [6.45, 7) is 2.97. The van der Waals surface area contributed by atoms with Crippen molar-refractivity contribution in [3.05, 3.63) is 42.2 Å². The summed E-state index contributed by atoms with van der Waals surface area (Å²) in [4.78, 5) is 17.6. The number of fused-ring (bicyclic) bond motifs is 1. The number of likely N-dealkylation sites (N-methyl/N-ethyl adjacent to an activating group) is 1. The fourth-order valence-electron chi connectivity index (χ4n) is 3.64. The van der Waals surface area contributed by atoms with E-state index in [1.807, 2.05) is 24.3 Å². The maximum Gasteiger partial charge on any atom is 0.176 e. The zero-order chi connectivity index (χ0) is 18.9. The Bertz CT molecular complexity index is 919. The van der Waals surface area contributed by atoms with Crippen LogP contribution >= 0.6 is 23.1 Å². The highest BCUT2D eigenvalue weighted by atomic mass is 32.2. The van der Waals surface area contributed by atoms with Crippen LogP contribution in [0.4, 0.5) is 5.82 Å². The Morgan fingerprint density at radius 2 is 2.11 bits per heavy atom. The second kappa shape index (κ2) is 7.71. The third kappa shape index (κ3) is 4.08. The second-order valence-electron chi connectivity index (χ2n) is 7.06. The first-order chi connectivity index (χ1) is 13.1. The smallest absolute Gasteiger partial charge is 0.176 e. The molecular weight excluding hydrogens is 378 g/mol. The van der Waals surface area contributed by atoms with E-state index in [9.17, 15) is 5.11 Å². The molecule has 0 saturated carbocycles. The molecule has 4 rings (SSSR count). The zero-order valence-electron chi connectivity index (χ0n) is 15.5. The van der Waals surface area contributed by atoms with Crippen molar-refractivity contribution in [1.29, 1.82) is 0 Å². The number of aliphatic hydroxyl groups is 1. The molecule has 0 radical (unpaired) electrons. The Labute approximate surface area is 167 Å². The standard InChI is InChI=1S/C19H23N5OS2/c1-23(17-15-16(20-13-21-17)22-18(26-2)27-15)11-19(25)8-9-24(12-19)10-14-6-4-3-5-7-14/h3-7,13,25H,8-12H2,1-2H3. The Balaban J connectivity index is 1.46. The van der Waals surface area contributed by atoms with Crippen LogP contribution in [0.3, 0.4) is 0 Å². The molecule has 8 heteroatoms. The molecule has 1 atom stereocenters. The predicted octanol–water partition coefficient (Wildman–Crippen LogP) is 2.88. The number of aromatic nitrogens is 3. The van der Waals surface area contributed by atoms with Crippen molar-refractivity contribution in [2.24, 2.45) is 0 Å². The van der Waals surface area contributed by atoms with Gasteiger partial charge in [-0.05, 0) is 18.2 Å². The van der Waals surface area contributed by atoms with E-state index in [1.54, 1.807) is 29.4 Å². The van der Waals surface area contributed by atoms with Gasteiger partial charge >= 0.3 is 0 Å². The number of nitrogens with zero attached hydrogens (tertiary/aromatic N) is 5. The quantitative estimate of drug-likeness (QED) is 0.637. The van der Waals surface area contributed by atoms with E-state index >= 15 is 0 Å². The molecular formula is C19H23N5OS2. The highest BCUT2D eigenvalue weighted by Crippen LogP contribution is 2.33. The minimum Gasteiger partial charge on any atom is -0.387 e. The van der Waals surface area contributed by atoms with Gasteiger partial charge in [0.05, 0.1) is 5.60 Å². The van der Waals surface area contributed by atoms with Crippen molar-refractivity contribution >= 4 is 39.3 Å². The SMILES string of the molecule is CSc1nc2ncnc(N(C)CC3(O)CCN(Cc4ccccc4)C3)c2s1. The number of rotatable bonds is 6. The number of thiazole rings is 1. The van der Waals surface area contributed by atoms with Crippen LogP contribution < -0.4 is 4.90 Å². The average molecular weight is 402 g/mol. The molecule has 1 unspecified atom stereocenters. The molecule has 1 aromatic carbocycles. The molecule has 2 aromatic heterocycles. The third-order valence-corrected chi connectivity index (χ3v) is 6.91. The maximum atomic E-state index is 11.2. The first kappa shape index (κ1) is 18.6. The molecule has 3 heterocycles. The molecule has 27 heavy (non-hydrogen) atoms. The fourth-order valence-corrected chi connectivity index (χ4v) is 5.20. The van der Waals surface area contributed by atoms with E-state index in [2.05, 4.69) is 44.1 Å². The van der Waals surface area contributed by atoms with Gasteiger partial charge in [0.25, 0.3) is 0 Å². The van der Waals surface area contributed by atoms with Crippen LogP contribution in [0.2, 0.25) is 0 Å². The first-order valence-corrected chi connectivity index (χ1v) is 11.0. The normalized spacial score (nSPS) is 20.4. The van der Waals surface area contributed by atoms with Crippen molar-refractivity contribution < 1.29 is 5.11 Å². The molecule has 142 valence electrons. The second-order valence-corrected chi connectivity index (χ2v) is 9.11. The lowest BCUT2D eigenvalue weighted by Crippen LogP contribution is -2.44. The molecule has 1 N–H and O–H groups in total. The van der Waals surface area contributed by atoms with Gasteiger partial charge in [0.1, 0.15) is 11.0 Å².